The summed E-state index contributed by atoms with van der Waals surface area (Å²) < 4.78 is 50.7. The topological polar surface area (TPSA) is 68.7 Å². The molecule has 0 aliphatic rings. The van der Waals surface area contributed by atoms with Crippen LogP contribution in [0.25, 0.3) is 11.3 Å². The first-order valence-corrected chi connectivity index (χ1v) is 10.3. The van der Waals surface area contributed by atoms with E-state index in [0.717, 1.165) is 6.07 Å². The number of halogens is 3. The molecule has 0 amide bonds. The predicted molar refractivity (Wildman–Crippen MR) is 111 cm³/mol. The van der Waals surface area contributed by atoms with Gasteiger partial charge >= 0.3 is 12.1 Å². The fourth-order valence-electron chi connectivity index (χ4n) is 3.03. The molecule has 31 heavy (non-hydrogen) atoms. The van der Waals surface area contributed by atoms with Crippen LogP contribution < -0.4 is 9.47 Å². The van der Waals surface area contributed by atoms with E-state index in [0.29, 0.717) is 47.2 Å². The van der Waals surface area contributed by atoms with E-state index in [2.05, 4.69) is 4.98 Å². The third-order valence-electron chi connectivity index (χ3n) is 4.44. The lowest BCUT2D eigenvalue weighted by Crippen LogP contribution is -2.07. The predicted octanol–water partition coefficient (Wildman–Crippen LogP) is 5.48. The highest BCUT2D eigenvalue weighted by Crippen LogP contribution is 2.37. The number of carboxylic acid groups (broad SMARTS) is 1. The largest absolute Gasteiger partial charge is 0.493 e. The summed E-state index contributed by atoms with van der Waals surface area (Å²) in [6.07, 6.45) is -3.44. The van der Waals surface area contributed by atoms with Gasteiger partial charge in [-0.25, -0.2) is 4.98 Å². The standard InChI is InChI=1S/C22H20F3NO4S/c1-29-18-9-8-14(12-21(27)28)11-19(18)30-10-4-7-20-26-17(13-31-20)15-5-2-3-6-16(15)22(23,24)25/h2-3,5-6,8-9,11,13H,4,7,10,12H2,1H3,(H,27,28). The maximum absolute atomic E-state index is 13.2. The second-order valence-electron chi connectivity index (χ2n) is 6.68. The second kappa shape index (κ2) is 9.82. The second-order valence-corrected chi connectivity index (χ2v) is 7.62. The lowest BCUT2D eigenvalue weighted by atomic mass is 10.1. The molecule has 0 unspecified atom stereocenters. The molecule has 2 aromatic carbocycles. The molecule has 0 atom stereocenters. The fraction of sp³-hybridized carbons (Fsp3) is 0.273. The number of rotatable bonds is 9. The molecule has 1 N–H and O–H groups in total. The van der Waals surface area contributed by atoms with E-state index in [1.54, 1.807) is 29.6 Å². The SMILES string of the molecule is COc1ccc(CC(=O)O)cc1OCCCc1nc(-c2ccccc2C(F)(F)F)cs1. The van der Waals surface area contributed by atoms with Gasteiger partial charge in [-0.2, -0.15) is 13.2 Å². The summed E-state index contributed by atoms with van der Waals surface area (Å²) in [6, 6.07) is 10.3. The molecule has 5 nitrogen and oxygen atoms in total. The number of aliphatic carboxylic acids is 1. The van der Waals surface area contributed by atoms with Crippen LogP contribution in [0.2, 0.25) is 0 Å². The van der Waals surface area contributed by atoms with Crippen LogP contribution in [0.4, 0.5) is 13.2 Å². The number of carbonyl (C=O) groups is 1. The number of aryl methyl sites for hydroxylation is 1. The van der Waals surface area contributed by atoms with E-state index < -0.39 is 17.7 Å². The maximum atomic E-state index is 13.2. The van der Waals surface area contributed by atoms with E-state index in [9.17, 15) is 18.0 Å². The maximum Gasteiger partial charge on any atom is 0.417 e. The van der Waals surface area contributed by atoms with Crippen molar-refractivity contribution >= 4 is 17.3 Å². The first kappa shape index (κ1) is 22.6. The summed E-state index contributed by atoms with van der Waals surface area (Å²) in [7, 11) is 1.49. The molecule has 0 saturated carbocycles. The van der Waals surface area contributed by atoms with Crippen molar-refractivity contribution in [3.8, 4) is 22.8 Å². The molecule has 0 radical (unpaired) electrons. The number of nitrogens with zero attached hydrogens (tertiary/aromatic N) is 1. The van der Waals surface area contributed by atoms with Crippen molar-refractivity contribution in [1.29, 1.82) is 0 Å². The van der Waals surface area contributed by atoms with Gasteiger partial charge < -0.3 is 14.6 Å². The van der Waals surface area contributed by atoms with Crippen molar-refractivity contribution in [2.24, 2.45) is 0 Å². The zero-order valence-corrected chi connectivity index (χ0v) is 17.4. The Labute approximate surface area is 181 Å². The highest BCUT2D eigenvalue weighted by atomic mass is 32.1. The molecule has 3 rings (SSSR count). The highest BCUT2D eigenvalue weighted by molar-refractivity contribution is 7.09. The average molecular weight is 451 g/mol. The summed E-state index contributed by atoms with van der Waals surface area (Å²) >= 11 is 1.30. The van der Waals surface area contributed by atoms with Gasteiger partial charge in [0, 0.05) is 17.4 Å². The van der Waals surface area contributed by atoms with Crippen LogP contribution in [0.5, 0.6) is 11.5 Å². The molecule has 1 heterocycles. The third-order valence-corrected chi connectivity index (χ3v) is 5.34. The number of aromatic nitrogens is 1. The first-order valence-electron chi connectivity index (χ1n) is 9.40. The normalized spacial score (nSPS) is 11.4. The Morgan fingerprint density at radius 2 is 1.94 bits per heavy atom. The molecular weight excluding hydrogens is 431 g/mol. The third kappa shape index (κ3) is 5.97. The molecule has 164 valence electrons. The van der Waals surface area contributed by atoms with Gasteiger partial charge in [-0.1, -0.05) is 24.3 Å². The van der Waals surface area contributed by atoms with Crippen molar-refractivity contribution in [3.05, 3.63) is 64.0 Å². The molecule has 1 aromatic heterocycles. The Morgan fingerprint density at radius 3 is 2.65 bits per heavy atom. The molecule has 0 spiro atoms. The lowest BCUT2D eigenvalue weighted by molar-refractivity contribution is -0.137. The van der Waals surface area contributed by atoms with Crippen LogP contribution in [0, 0.1) is 0 Å². The Hall–Kier alpha value is -3.07. The van der Waals surface area contributed by atoms with Crippen LogP contribution in [0.3, 0.4) is 0 Å². The van der Waals surface area contributed by atoms with Gasteiger partial charge in [-0.15, -0.1) is 11.3 Å². The van der Waals surface area contributed by atoms with Crippen molar-refractivity contribution < 1.29 is 32.5 Å². The summed E-state index contributed by atoms with van der Waals surface area (Å²) in [6.45, 7) is 0.320. The van der Waals surface area contributed by atoms with E-state index >= 15 is 0 Å². The Bertz CT molecular complexity index is 1050. The van der Waals surface area contributed by atoms with E-state index in [-0.39, 0.29) is 12.0 Å². The number of carboxylic acids is 1. The van der Waals surface area contributed by atoms with Crippen molar-refractivity contribution in [2.45, 2.75) is 25.4 Å². The van der Waals surface area contributed by atoms with Crippen LogP contribution in [-0.4, -0.2) is 29.8 Å². The minimum absolute atomic E-state index is 0.0636. The monoisotopic (exact) mass is 451 g/mol. The van der Waals surface area contributed by atoms with Crippen molar-refractivity contribution in [1.82, 2.24) is 4.98 Å². The van der Waals surface area contributed by atoms with Crippen LogP contribution in [0.1, 0.15) is 22.6 Å². The molecule has 0 aliphatic heterocycles. The molecule has 0 aliphatic carbocycles. The Balaban J connectivity index is 1.61. The number of hydrogen-bond acceptors (Lipinski definition) is 5. The van der Waals surface area contributed by atoms with Gasteiger partial charge in [-0.3, -0.25) is 4.79 Å². The first-order chi connectivity index (χ1) is 14.8. The number of thiazole rings is 1. The highest BCUT2D eigenvalue weighted by Gasteiger charge is 2.33. The van der Waals surface area contributed by atoms with Gasteiger partial charge in [0.25, 0.3) is 0 Å². The zero-order valence-electron chi connectivity index (χ0n) is 16.6. The number of alkyl halides is 3. The van der Waals surface area contributed by atoms with Gasteiger partial charge in [0.15, 0.2) is 11.5 Å². The molecule has 0 saturated heterocycles. The summed E-state index contributed by atoms with van der Waals surface area (Å²) in [4.78, 5) is 15.2. The van der Waals surface area contributed by atoms with Crippen molar-refractivity contribution in [2.75, 3.05) is 13.7 Å². The van der Waals surface area contributed by atoms with Gasteiger partial charge in [0.1, 0.15) is 0 Å². The minimum Gasteiger partial charge on any atom is -0.493 e. The van der Waals surface area contributed by atoms with Crippen LogP contribution >= 0.6 is 11.3 Å². The molecular formula is C22H20F3NO4S. The fourth-order valence-corrected chi connectivity index (χ4v) is 3.87. The molecule has 3 aromatic rings. The van der Waals surface area contributed by atoms with Crippen LogP contribution in [0.15, 0.2) is 47.8 Å². The van der Waals surface area contributed by atoms with E-state index in [4.69, 9.17) is 14.6 Å². The summed E-state index contributed by atoms with van der Waals surface area (Å²) in [5, 5.41) is 11.3. The smallest absolute Gasteiger partial charge is 0.417 e. The molecule has 9 heteroatoms. The summed E-state index contributed by atoms with van der Waals surface area (Å²) in [5.41, 5.74) is 0.255. The quantitative estimate of drug-likeness (QED) is 0.437. The van der Waals surface area contributed by atoms with Gasteiger partial charge in [-0.05, 0) is 30.2 Å². The number of benzene rings is 2. The minimum atomic E-state index is -4.44. The van der Waals surface area contributed by atoms with E-state index in [1.165, 1.54) is 30.6 Å². The van der Waals surface area contributed by atoms with E-state index in [1.807, 2.05) is 0 Å². The summed E-state index contributed by atoms with van der Waals surface area (Å²) in [5.74, 6) is -0.00241. The molecule has 0 bridgehead atoms. The lowest BCUT2D eigenvalue weighted by Gasteiger charge is -2.12. The number of ether oxygens (including phenoxy) is 2. The average Bonchev–Trinajstić information content (AvgIpc) is 3.19. The zero-order chi connectivity index (χ0) is 22.4. The Kier molecular flexibility index (Phi) is 7.17. The number of methoxy groups -OCH3 is 1. The van der Waals surface area contributed by atoms with Gasteiger partial charge in [0.05, 0.1) is 36.4 Å². The molecule has 0 fully saturated rings. The van der Waals surface area contributed by atoms with Gasteiger partial charge in [0.2, 0.25) is 0 Å². The Morgan fingerprint density at radius 1 is 1.16 bits per heavy atom. The van der Waals surface area contributed by atoms with Crippen molar-refractivity contribution in [3.63, 3.8) is 0 Å². The number of hydrogen-bond donors (Lipinski definition) is 1. The van der Waals surface area contributed by atoms with Crippen LogP contribution in [-0.2, 0) is 23.8 Å².